The molecule has 0 saturated heterocycles. The SMILES string of the molecule is CC(C)(NCc1nnc(-c2ccco2)o1)C(C)(C)C(=O)O. The quantitative estimate of drug-likeness (QED) is 0.842. The summed E-state index contributed by atoms with van der Waals surface area (Å²) in [6.45, 7) is 7.27. The molecule has 0 aliphatic rings. The molecular formula is C14H19N3O4. The molecule has 0 fully saturated rings. The molecule has 7 nitrogen and oxygen atoms in total. The second kappa shape index (κ2) is 5.33. The first-order valence-corrected chi connectivity index (χ1v) is 6.59. The van der Waals surface area contributed by atoms with E-state index in [0.29, 0.717) is 17.5 Å². The molecule has 0 bridgehead atoms. The van der Waals surface area contributed by atoms with Crippen molar-refractivity contribution in [2.75, 3.05) is 0 Å². The molecule has 0 saturated carbocycles. The molecule has 0 radical (unpaired) electrons. The van der Waals surface area contributed by atoms with Crippen LogP contribution in [-0.4, -0.2) is 26.8 Å². The fraction of sp³-hybridized carbons (Fsp3) is 0.500. The Bertz CT molecular complexity index is 614. The van der Waals surface area contributed by atoms with Crippen molar-refractivity contribution >= 4 is 5.97 Å². The summed E-state index contributed by atoms with van der Waals surface area (Å²) in [5.41, 5.74) is -1.60. The summed E-state index contributed by atoms with van der Waals surface area (Å²) < 4.78 is 10.6. The zero-order valence-electron chi connectivity index (χ0n) is 12.5. The van der Waals surface area contributed by atoms with Crippen molar-refractivity contribution in [2.45, 2.75) is 39.8 Å². The molecular weight excluding hydrogens is 274 g/mol. The van der Waals surface area contributed by atoms with E-state index in [-0.39, 0.29) is 6.54 Å². The molecule has 0 unspecified atom stereocenters. The molecule has 2 aromatic heterocycles. The lowest BCUT2D eigenvalue weighted by Crippen LogP contribution is -2.54. The first-order valence-electron chi connectivity index (χ1n) is 6.59. The number of aromatic nitrogens is 2. The molecule has 7 heteroatoms. The maximum absolute atomic E-state index is 11.3. The van der Waals surface area contributed by atoms with Gasteiger partial charge in [0, 0.05) is 5.54 Å². The van der Waals surface area contributed by atoms with Gasteiger partial charge in [0.2, 0.25) is 5.89 Å². The smallest absolute Gasteiger partial charge is 0.310 e. The lowest BCUT2D eigenvalue weighted by Gasteiger charge is -2.38. The van der Waals surface area contributed by atoms with Crippen LogP contribution in [0.1, 0.15) is 33.6 Å². The predicted molar refractivity (Wildman–Crippen MR) is 74.3 cm³/mol. The standard InChI is InChI=1S/C14H19N3O4/c1-13(2,12(18)19)14(3,4)15-8-10-16-17-11(21-10)9-6-5-7-20-9/h5-7,15H,8H2,1-4H3,(H,18,19). The maximum atomic E-state index is 11.3. The highest BCUT2D eigenvalue weighted by Crippen LogP contribution is 2.31. The highest BCUT2D eigenvalue weighted by Gasteiger charge is 2.43. The molecule has 0 aromatic carbocycles. The highest BCUT2D eigenvalue weighted by molar-refractivity contribution is 5.75. The van der Waals surface area contributed by atoms with Gasteiger partial charge in [-0.2, -0.15) is 0 Å². The molecule has 2 rings (SSSR count). The lowest BCUT2D eigenvalue weighted by atomic mass is 9.74. The summed E-state index contributed by atoms with van der Waals surface area (Å²) in [5.74, 6) is 0.295. The molecule has 0 spiro atoms. The van der Waals surface area contributed by atoms with Crippen LogP contribution in [0.5, 0.6) is 0 Å². The van der Waals surface area contributed by atoms with Crippen LogP contribution in [0.4, 0.5) is 0 Å². The Labute approximate surface area is 122 Å². The molecule has 2 aromatic rings. The second-order valence-electron chi connectivity index (χ2n) is 5.89. The van der Waals surface area contributed by atoms with Gasteiger partial charge < -0.3 is 19.3 Å². The van der Waals surface area contributed by atoms with E-state index < -0.39 is 16.9 Å². The van der Waals surface area contributed by atoms with E-state index >= 15 is 0 Å². The Kier molecular flexibility index (Phi) is 3.87. The zero-order chi connectivity index (χ0) is 15.7. The van der Waals surface area contributed by atoms with Crippen molar-refractivity contribution in [2.24, 2.45) is 5.41 Å². The molecule has 2 heterocycles. The minimum Gasteiger partial charge on any atom is -0.481 e. The van der Waals surface area contributed by atoms with Crippen LogP contribution >= 0.6 is 0 Å². The first kappa shape index (κ1) is 15.2. The van der Waals surface area contributed by atoms with Gasteiger partial charge in [0.25, 0.3) is 5.89 Å². The summed E-state index contributed by atoms with van der Waals surface area (Å²) in [6.07, 6.45) is 1.52. The number of carboxylic acid groups (broad SMARTS) is 1. The van der Waals surface area contributed by atoms with Crippen molar-refractivity contribution in [3.05, 3.63) is 24.3 Å². The van der Waals surface area contributed by atoms with Crippen molar-refractivity contribution in [1.82, 2.24) is 15.5 Å². The average Bonchev–Trinajstić information content (AvgIpc) is 3.07. The Morgan fingerprint density at radius 2 is 2.05 bits per heavy atom. The minimum atomic E-state index is -0.948. The van der Waals surface area contributed by atoms with Gasteiger partial charge in [-0.25, -0.2) is 0 Å². The molecule has 21 heavy (non-hydrogen) atoms. The minimum absolute atomic E-state index is 0.275. The highest BCUT2D eigenvalue weighted by atomic mass is 16.4. The van der Waals surface area contributed by atoms with E-state index in [2.05, 4.69) is 15.5 Å². The van der Waals surface area contributed by atoms with E-state index in [4.69, 9.17) is 8.83 Å². The van der Waals surface area contributed by atoms with Crippen molar-refractivity contribution < 1.29 is 18.7 Å². The second-order valence-corrected chi connectivity index (χ2v) is 5.89. The molecule has 0 amide bonds. The van der Waals surface area contributed by atoms with E-state index in [9.17, 15) is 9.90 Å². The number of aliphatic carboxylic acids is 1. The Morgan fingerprint density at radius 3 is 2.62 bits per heavy atom. The number of furan rings is 1. The fourth-order valence-electron chi connectivity index (χ4n) is 1.61. The van der Waals surface area contributed by atoms with Gasteiger partial charge in [0.15, 0.2) is 5.76 Å². The van der Waals surface area contributed by atoms with Gasteiger partial charge in [-0.05, 0) is 39.8 Å². The summed E-state index contributed by atoms with van der Waals surface area (Å²) in [4.78, 5) is 11.3. The lowest BCUT2D eigenvalue weighted by molar-refractivity contribution is -0.151. The van der Waals surface area contributed by atoms with Crippen molar-refractivity contribution in [3.8, 4) is 11.7 Å². The summed E-state index contributed by atoms with van der Waals surface area (Å²) in [5, 5.41) is 20.3. The summed E-state index contributed by atoms with van der Waals surface area (Å²) in [7, 11) is 0. The van der Waals surface area contributed by atoms with Crippen LogP contribution in [0, 0.1) is 5.41 Å². The Morgan fingerprint density at radius 1 is 1.33 bits per heavy atom. The monoisotopic (exact) mass is 293 g/mol. The third-order valence-corrected chi connectivity index (χ3v) is 3.98. The van der Waals surface area contributed by atoms with Crippen LogP contribution in [-0.2, 0) is 11.3 Å². The normalized spacial score (nSPS) is 12.6. The third kappa shape index (κ3) is 2.97. The van der Waals surface area contributed by atoms with Crippen LogP contribution in [0.3, 0.4) is 0 Å². The van der Waals surface area contributed by atoms with Gasteiger partial charge in [-0.15, -0.1) is 10.2 Å². The molecule has 0 aliphatic heterocycles. The zero-order valence-corrected chi connectivity index (χ0v) is 12.5. The van der Waals surface area contributed by atoms with Gasteiger partial charge in [0.1, 0.15) is 0 Å². The van der Waals surface area contributed by atoms with E-state index in [0.717, 1.165) is 0 Å². The van der Waals surface area contributed by atoms with Gasteiger partial charge in [-0.3, -0.25) is 4.79 Å². The van der Waals surface area contributed by atoms with Crippen LogP contribution in [0.2, 0.25) is 0 Å². The fourth-order valence-corrected chi connectivity index (χ4v) is 1.61. The van der Waals surface area contributed by atoms with Gasteiger partial charge >= 0.3 is 5.97 Å². The van der Waals surface area contributed by atoms with E-state index in [1.807, 2.05) is 13.8 Å². The molecule has 2 N–H and O–H groups in total. The van der Waals surface area contributed by atoms with Crippen LogP contribution < -0.4 is 5.32 Å². The number of nitrogens with one attached hydrogen (secondary N) is 1. The van der Waals surface area contributed by atoms with Crippen molar-refractivity contribution in [1.29, 1.82) is 0 Å². The average molecular weight is 293 g/mol. The first-order chi connectivity index (χ1) is 9.74. The Hall–Kier alpha value is -2.15. The Balaban J connectivity index is 2.05. The number of carbonyl (C=O) groups is 1. The van der Waals surface area contributed by atoms with Crippen LogP contribution in [0.25, 0.3) is 11.7 Å². The van der Waals surface area contributed by atoms with Gasteiger partial charge in [0.05, 0.1) is 18.2 Å². The predicted octanol–water partition coefficient (Wildman–Crippen LogP) is 2.31. The number of hydrogen-bond donors (Lipinski definition) is 2. The number of rotatable bonds is 6. The van der Waals surface area contributed by atoms with Gasteiger partial charge in [-0.1, -0.05) is 0 Å². The third-order valence-electron chi connectivity index (χ3n) is 3.98. The summed E-state index contributed by atoms with van der Waals surface area (Å²) >= 11 is 0. The number of nitrogens with zero attached hydrogens (tertiary/aromatic N) is 2. The maximum Gasteiger partial charge on any atom is 0.310 e. The van der Waals surface area contributed by atoms with Crippen molar-refractivity contribution in [3.63, 3.8) is 0 Å². The molecule has 0 aliphatic carbocycles. The number of hydrogen-bond acceptors (Lipinski definition) is 6. The topological polar surface area (TPSA) is 101 Å². The molecule has 0 atom stereocenters. The largest absolute Gasteiger partial charge is 0.481 e. The van der Waals surface area contributed by atoms with E-state index in [1.165, 1.54) is 6.26 Å². The van der Waals surface area contributed by atoms with E-state index in [1.54, 1.807) is 26.0 Å². The summed E-state index contributed by atoms with van der Waals surface area (Å²) in [6, 6.07) is 3.46. The number of carboxylic acids is 1. The van der Waals surface area contributed by atoms with Crippen LogP contribution in [0.15, 0.2) is 27.2 Å². The molecule has 114 valence electrons.